The number of nitrogens with one attached hydrogen (secondary N) is 2. The van der Waals surface area contributed by atoms with Crippen LogP contribution in [0.4, 0.5) is 11.4 Å². The highest BCUT2D eigenvalue weighted by Crippen LogP contribution is 2.22. The monoisotopic (exact) mass is 434 g/mol. The third-order valence-electron chi connectivity index (χ3n) is 6.14. The van der Waals surface area contributed by atoms with Gasteiger partial charge in [0.15, 0.2) is 0 Å². The van der Waals surface area contributed by atoms with Crippen LogP contribution in [0.15, 0.2) is 54.6 Å². The summed E-state index contributed by atoms with van der Waals surface area (Å²) < 4.78 is 0. The summed E-state index contributed by atoms with van der Waals surface area (Å²) in [5.41, 5.74) is 1.55. The Morgan fingerprint density at radius 2 is 1.50 bits per heavy atom. The molecule has 3 amide bonds. The lowest BCUT2D eigenvalue weighted by Gasteiger charge is -2.36. The normalized spacial score (nSPS) is 18.9. The molecule has 2 heterocycles. The molecule has 32 heavy (non-hydrogen) atoms. The zero-order valence-electron chi connectivity index (χ0n) is 18.3. The van der Waals surface area contributed by atoms with Crippen molar-refractivity contribution in [3.8, 4) is 0 Å². The van der Waals surface area contributed by atoms with Crippen molar-refractivity contribution >= 4 is 29.1 Å². The lowest BCUT2D eigenvalue weighted by Crippen LogP contribution is -2.52. The Morgan fingerprint density at radius 1 is 0.812 bits per heavy atom. The van der Waals surface area contributed by atoms with Crippen molar-refractivity contribution in [3.63, 3.8) is 0 Å². The van der Waals surface area contributed by atoms with Crippen LogP contribution in [0.2, 0.25) is 0 Å². The zero-order chi connectivity index (χ0) is 22.3. The summed E-state index contributed by atoms with van der Waals surface area (Å²) in [7, 11) is 0. The van der Waals surface area contributed by atoms with E-state index in [9.17, 15) is 14.4 Å². The SMILES string of the molecule is O=C(CN1CCCCC1C(=O)N1CCCC1)Nc1ccccc1C(=O)Nc1ccccc1. The highest BCUT2D eigenvalue weighted by atomic mass is 16.2. The third-order valence-corrected chi connectivity index (χ3v) is 6.14. The summed E-state index contributed by atoms with van der Waals surface area (Å²) in [5, 5.41) is 5.74. The van der Waals surface area contributed by atoms with E-state index < -0.39 is 0 Å². The van der Waals surface area contributed by atoms with Crippen molar-refractivity contribution in [1.29, 1.82) is 0 Å². The van der Waals surface area contributed by atoms with E-state index in [2.05, 4.69) is 10.6 Å². The summed E-state index contributed by atoms with van der Waals surface area (Å²) in [5.74, 6) is -0.351. The third kappa shape index (κ3) is 5.34. The van der Waals surface area contributed by atoms with E-state index >= 15 is 0 Å². The molecule has 168 valence electrons. The molecule has 2 aliphatic heterocycles. The summed E-state index contributed by atoms with van der Waals surface area (Å²) in [6.45, 7) is 2.51. The molecule has 0 aromatic heterocycles. The molecule has 2 aromatic rings. The second-order valence-electron chi connectivity index (χ2n) is 8.43. The second-order valence-corrected chi connectivity index (χ2v) is 8.43. The number of anilines is 2. The van der Waals surface area contributed by atoms with E-state index in [1.165, 1.54) is 0 Å². The van der Waals surface area contributed by atoms with Gasteiger partial charge in [0.1, 0.15) is 0 Å². The minimum absolute atomic E-state index is 0.138. The lowest BCUT2D eigenvalue weighted by molar-refractivity contribution is -0.137. The Hall–Kier alpha value is -3.19. The van der Waals surface area contributed by atoms with Crippen LogP contribution in [0.1, 0.15) is 42.5 Å². The first kappa shape index (κ1) is 22.0. The van der Waals surface area contributed by atoms with Crippen LogP contribution in [0.25, 0.3) is 0 Å². The minimum Gasteiger partial charge on any atom is -0.341 e. The maximum absolute atomic E-state index is 13.0. The molecular weight excluding hydrogens is 404 g/mol. The fourth-order valence-corrected chi connectivity index (χ4v) is 4.49. The zero-order valence-corrected chi connectivity index (χ0v) is 18.3. The molecule has 2 aliphatic rings. The van der Waals surface area contributed by atoms with Gasteiger partial charge in [-0.05, 0) is 56.5 Å². The van der Waals surface area contributed by atoms with Crippen molar-refractivity contribution in [3.05, 3.63) is 60.2 Å². The van der Waals surface area contributed by atoms with E-state index in [-0.39, 0.29) is 30.3 Å². The van der Waals surface area contributed by atoms with Gasteiger partial charge in [0.2, 0.25) is 11.8 Å². The predicted molar refractivity (Wildman–Crippen MR) is 124 cm³/mol. The van der Waals surface area contributed by atoms with Gasteiger partial charge in [0.25, 0.3) is 5.91 Å². The maximum Gasteiger partial charge on any atom is 0.257 e. The van der Waals surface area contributed by atoms with Crippen molar-refractivity contribution in [2.45, 2.75) is 38.1 Å². The fraction of sp³-hybridized carbons (Fsp3) is 0.400. The average Bonchev–Trinajstić information content (AvgIpc) is 3.35. The van der Waals surface area contributed by atoms with Crippen LogP contribution in [-0.4, -0.2) is 59.7 Å². The molecule has 7 heteroatoms. The topological polar surface area (TPSA) is 81.8 Å². The van der Waals surface area contributed by atoms with Gasteiger partial charge in [-0.25, -0.2) is 0 Å². The van der Waals surface area contributed by atoms with Gasteiger partial charge >= 0.3 is 0 Å². The number of carbonyl (C=O) groups is 3. The number of piperidine rings is 1. The first-order valence-electron chi connectivity index (χ1n) is 11.4. The number of hydrogen-bond donors (Lipinski definition) is 2. The van der Waals surface area contributed by atoms with E-state index in [1.807, 2.05) is 40.1 Å². The van der Waals surface area contributed by atoms with Crippen LogP contribution in [0.3, 0.4) is 0 Å². The molecule has 4 rings (SSSR count). The van der Waals surface area contributed by atoms with Crippen molar-refractivity contribution in [2.75, 3.05) is 36.8 Å². The molecule has 0 bridgehead atoms. The highest BCUT2D eigenvalue weighted by Gasteiger charge is 2.33. The minimum atomic E-state index is -0.285. The number of rotatable bonds is 6. The van der Waals surface area contributed by atoms with E-state index in [0.717, 1.165) is 51.7 Å². The number of benzene rings is 2. The Morgan fingerprint density at radius 3 is 2.28 bits per heavy atom. The molecule has 2 aromatic carbocycles. The molecule has 0 radical (unpaired) electrons. The largest absolute Gasteiger partial charge is 0.341 e. The van der Waals surface area contributed by atoms with Crippen LogP contribution in [-0.2, 0) is 9.59 Å². The predicted octanol–water partition coefficient (Wildman–Crippen LogP) is 3.35. The quantitative estimate of drug-likeness (QED) is 0.731. The maximum atomic E-state index is 13.0. The molecule has 7 nitrogen and oxygen atoms in total. The van der Waals surface area contributed by atoms with Crippen molar-refractivity contribution < 1.29 is 14.4 Å². The van der Waals surface area contributed by atoms with Gasteiger partial charge in [-0.2, -0.15) is 0 Å². The number of likely N-dealkylation sites (tertiary alicyclic amines) is 2. The molecule has 2 N–H and O–H groups in total. The van der Waals surface area contributed by atoms with E-state index in [0.29, 0.717) is 16.9 Å². The van der Waals surface area contributed by atoms with Crippen LogP contribution >= 0.6 is 0 Å². The highest BCUT2D eigenvalue weighted by molar-refractivity contribution is 6.10. The van der Waals surface area contributed by atoms with Crippen LogP contribution in [0, 0.1) is 0 Å². The van der Waals surface area contributed by atoms with Gasteiger partial charge in [-0.1, -0.05) is 36.8 Å². The molecular formula is C25H30N4O3. The number of amides is 3. The lowest BCUT2D eigenvalue weighted by atomic mass is 10.0. The molecule has 1 unspecified atom stereocenters. The van der Waals surface area contributed by atoms with Gasteiger partial charge < -0.3 is 15.5 Å². The summed E-state index contributed by atoms with van der Waals surface area (Å²) in [4.78, 5) is 42.6. The average molecular weight is 435 g/mol. The van der Waals surface area contributed by atoms with Crippen molar-refractivity contribution in [1.82, 2.24) is 9.80 Å². The number of carbonyl (C=O) groups excluding carboxylic acids is 3. The van der Waals surface area contributed by atoms with E-state index in [4.69, 9.17) is 0 Å². The van der Waals surface area contributed by atoms with Gasteiger partial charge in [0.05, 0.1) is 23.8 Å². The van der Waals surface area contributed by atoms with E-state index in [1.54, 1.807) is 24.3 Å². The molecule has 2 fully saturated rings. The summed E-state index contributed by atoms with van der Waals surface area (Å²) in [6, 6.07) is 15.9. The van der Waals surface area contributed by atoms with Crippen LogP contribution in [0.5, 0.6) is 0 Å². The van der Waals surface area contributed by atoms with Crippen LogP contribution < -0.4 is 10.6 Å². The van der Waals surface area contributed by atoms with Gasteiger partial charge in [-0.3, -0.25) is 19.3 Å². The van der Waals surface area contributed by atoms with Crippen molar-refractivity contribution in [2.24, 2.45) is 0 Å². The molecule has 0 aliphatic carbocycles. The Labute approximate surface area is 188 Å². The molecule has 0 saturated carbocycles. The Kier molecular flexibility index (Phi) is 7.17. The smallest absolute Gasteiger partial charge is 0.257 e. The number of nitrogens with zero attached hydrogens (tertiary/aromatic N) is 2. The molecule has 1 atom stereocenters. The second kappa shape index (κ2) is 10.4. The summed E-state index contributed by atoms with van der Waals surface area (Å²) >= 11 is 0. The Balaban J connectivity index is 1.41. The first-order valence-corrected chi connectivity index (χ1v) is 11.4. The Bertz CT molecular complexity index is 957. The summed E-state index contributed by atoms with van der Waals surface area (Å²) in [6.07, 6.45) is 4.89. The number of hydrogen-bond acceptors (Lipinski definition) is 4. The standard InChI is InChI=1S/C25H30N4O3/c30-23(18-29-17-7-6-14-22(29)25(32)28-15-8-9-16-28)27-21-13-5-4-12-20(21)24(31)26-19-10-2-1-3-11-19/h1-5,10-13,22H,6-9,14-18H2,(H,26,31)(H,27,30). The van der Waals surface area contributed by atoms with Gasteiger partial charge in [-0.15, -0.1) is 0 Å². The molecule has 2 saturated heterocycles. The first-order chi connectivity index (χ1) is 15.6. The molecule has 0 spiro atoms. The fourth-order valence-electron chi connectivity index (χ4n) is 4.49. The van der Waals surface area contributed by atoms with Gasteiger partial charge in [0, 0.05) is 18.8 Å². The number of para-hydroxylation sites is 2.